The van der Waals surface area contributed by atoms with Crippen LogP contribution in [0.4, 0.5) is 0 Å². The van der Waals surface area contributed by atoms with Gasteiger partial charge in [0, 0.05) is 30.4 Å². The van der Waals surface area contributed by atoms with Gasteiger partial charge in [-0.05, 0) is 54.6 Å². The number of nitrogens with zero attached hydrogens (tertiary/aromatic N) is 1. The molecule has 1 saturated carbocycles. The predicted molar refractivity (Wildman–Crippen MR) is 124 cm³/mol. The first-order valence-electron chi connectivity index (χ1n) is 10.8. The third kappa shape index (κ3) is 4.25. The number of carbonyl (C=O) groups excluding carboxylic acids is 1. The first-order valence-corrected chi connectivity index (χ1v) is 11.6. The van der Waals surface area contributed by atoms with E-state index in [4.69, 9.17) is 27.9 Å². The van der Waals surface area contributed by atoms with Crippen molar-refractivity contribution < 1.29 is 14.6 Å². The Morgan fingerprint density at radius 2 is 1.97 bits per heavy atom. The summed E-state index contributed by atoms with van der Waals surface area (Å²) in [5.41, 5.74) is 1.01. The van der Waals surface area contributed by atoms with Crippen molar-refractivity contribution in [3.05, 3.63) is 63.1 Å². The van der Waals surface area contributed by atoms with Crippen molar-refractivity contribution in [3.63, 3.8) is 0 Å². The molecule has 4 rings (SSSR count). The monoisotopic (exact) mass is 472 g/mol. The van der Waals surface area contributed by atoms with Crippen LogP contribution in [0.25, 0.3) is 0 Å². The number of methoxy groups -OCH3 is 1. The van der Waals surface area contributed by atoms with Crippen LogP contribution in [0, 0.1) is 29.1 Å². The third-order valence-corrected chi connectivity index (χ3v) is 7.73. The fraction of sp³-hybridized carbons (Fsp3) is 0.440. The van der Waals surface area contributed by atoms with Gasteiger partial charge in [0.1, 0.15) is 11.5 Å². The van der Waals surface area contributed by atoms with E-state index in [0.29, 0.717) is 34.3 Å². The number of nitrogens with one attached hydrogen (secondary N) is 1. The van der Waals surface area contributed by atoms with Gasteiger partial charge in [0.15, 0.2) is 0 Å². The quantitative estimate of drug-likeness (QED) is 0.654. The molecule has 4 atom stereocenters. The first-order chi connectivity index (χ1) is 15.4. The Morgan fingerprint density at radius 1 is 1.25 bits per heavy atom. The molecule has 1 aliphatic carbocycles. The van der Waals surface area contributed by atoms with Crippen LogP contribution in [0.15, 0.2) is 36.4 Å². The lowest BCUT2D eigenvalue weighted by Crippen LogP contribution is -2.47. The standard InChI is InChI=1S/C25H26Cl2N2O3/c1-32-24-5-3-2-4-19(24)25(31)12-17(8-18-13-29-14-20(18)25)23(30)11-16-10-22(27)21(26)9-15(16)6-7-28/h2-5,9-10,17-18,20,29,31H,6,8,11-14H2,1H3/t17-,18-,20+,25+/m0/s1. The Morgan fingerprint density at radius 3 is 2.69 bits per heavy atom. The number of nitriles is 1. The number of fused-ring (bicyclic) bond motifs is 1. The minimum atomic E-state index is -1.16. The van der Waals surface area contributed by atoms with E-state index in [2.05, 4.69) is 11.4 Å². The fourth-order valence-electron chi connectivity index (χ4n) is 5.45. The first kappa shape index (κ1) is 23.1. The number of para-hydroxylation sites is 1. The number of benzene rings is 2. The highest BCUT2D eigenvalue weighted by Gasteiger charge is 2.52. The Hall–Kier alpha value is -2.10. The van der Waals surface area contributed by atoms with Crippen molar-refractivity contribution in [3.8, 4) is 11.8 Å². The van der Waals surface area contributed by atoms with E-state index in [-0.39, 0.29) is 36.4 Å². The topological polar surface area (TPSA) is 82.3 Å². The Kier molecular flexibility index (Phi) is 6.78. The number of aliphatic hydroxyl groups is 1. The van der Waals surface area contributed by atoms with Gasteiger partial charge >= 0.3 is 0 Å². The molecule has 2 aromatic rings. The largest absolute Gasteiger partial charge is 0.496 e. The number of hydrogen-bond acceptors (Lipinski definition) is 5. The number of carbonyl (C=O) groups is 1. The van der Waals surface area contributed by atoms with Crippen LogP contribution < -0.4 is 10.1 Å². The van der Waals surface area contributed by atoms with Gasteiger partial charge in [-0.15, -0.1) is 0 Å². The molecule has 0 aromatic heterocycles. The molecule has 2 aliphatic rings. The molecule has 1 aliphatic heterocycles. The Labute approximate surface area is 198 Å². The number of rotatable bonds is 6. The lowest BCUT2D eigenvalue weighted by atomic mass is 9.62. The van der Waals surface area contributed by atoms with Crippen LogP contribution in [-0.4, -0.2) is 31.1 Å². The van der Waals surface area contributed by atoms with Gasteiger partial charge in [0.2, 0.25) is 0 Å². The highest BCUT2D eigenvalue weighted by Crippen LogP contribution is 2.51. The zero-order valence-corrected chi connectivity index (χ0v) is 19.4. The van der Waals surface area contributed by atoms with E-state index in [1.165, 1.54) is 0 Å². The average Bonchev–Trinajstić information content (AvgIpc) is 3.27. The smallest absolute Gasteiger partial charge is 0.140 e. The summed E-state index contributed by atoms with van der Waals surface area (Å²) in [6, 6.07) is 13.0. The number of Topliss-reactive ketones (excluding diaryl/α,β-unsaturated/α-hetero) is 1. The molecule has 7 heteroatoms. The summed E-state index contributed by atoms with van der Waals surface area (Å²) >= 11 is 12.3. The lowest BCUT2D eigenvalue weighted by Gasteiger charge is -2.45. The molecule has 168 valence electrons. The fourth-order valence-corrected chi connectivity index (χ4v) is 5.82. The molecule has 5 nitrogen and oxygen atoms in total. The zero-order chi connectivity index (χ0) is 22.9. The molecule has 1 saturated heterocycles. The number of halogens is 2. The summed E-state index contributed by atoms with van der Waals surface area (Å²) in [6.07, 6.45) is 1.38. The summed E-state index contributed by atoms with van der Waals surface area (Å²) in [5, 5.41) is 25.3. The van der Waals surface area contributed by atoms with Crippen molar-refractivity contribution in [1.29, 1.82) is 5.26 Å². The van der Waals surface area contributed by atoms with Crippen LogP contribution in [0.2, 0.25) is 10.0 Å². The summed E-state index contributed by atoms with van der Waals surface area (Å²) in [4.78, 5) is 13.5. The summed E-state index contributed by atoms with van der Waals surface area (Å²) in [5.74, 6) is 0.577. The molecule has 2 aromatic carbocycles. The van der Waals surface area contributed by atoms with Crippen molar-refractivity contribution >= 4 is 29.0 Å². The lowest BCUT2D eigenvalue weighted by molar-refractivity contribution is -0.134. The van der Waals surface area contributed by atoms with E-state index in [9.17, 15) is 15.2 Å². The minimum absolute atomic E-state index is 0.0157. The second kappa shape index (κ2) is 9.41. The maximum Gasteiger partial charge on any atom is 0.140 e. The van der Waals surface area contributed by atoms with E-state index in [0.717, 1.165) is 24.1 Å². The van der Waals surface area contributed by atoms with E-state index >= 15 is 0 Å². The van der Waals surface area contributed by atoms with E-state index in [1.54, 1.807) is 19.2 Å². The molecule has 32 heavy (non-hydrogen) atoms. The normalized spacial score (nSPS) is 26.9. The molecule has 2 N–H and O–H groups in total. The van der Waals surface area contributed by atoms with Crippen molar-refractivity contribution in [1.82, 2.24) is 5.32 Å². The second-order valence-electron chi connectivity index (χ2n) is 8.80. The molecule has 0 radical (unpaired) electrons. The van der Waals surface area contributed by atoms with Gasteiger partial charge in [0.25, 0.3) is 0 Å². The molecular weight excluding hydrogens is 447 g/mol. The molecule has 2 fully saturated rings. The Balaban J connectivity index is 1.64. The summed E-state index contributed by atoms with van der Waals surface area (Å²) in [7, 11) is 1.60. The SMILES string of the molecule is COc1ccccc1[C@]1(O)C[C@@H](C(=O)Cc2cc(Cl)c(Cl)cc2CC#N)C[C@H]2CNC[C@H]21. The van der Waals surface area contributed by atoms with E-state index in [1.807, 2.05) is 24.3 Å². The van der Waals surface area contributed by atoms with Gasteiger partial charge in [-0.1, -0.05) is 41.4 Å². The van der Waals surface area contributed by atoms with Crippen LogP contribution in [0.1, 0.15) is 29.5 Å². The molecular formula is C25H26Cl2N2O3. The van der Waals surface area contributed by atoms with Crippen LogP contribution in [0.3, 0.4) is 0 Å². The Bertz CT molecular complexity index is 1070. The third-order valence-electron chi connectivity index (χ3n) is 7.00. The molecule has 1 heterocycles. The number of ketones is 1. The van der Waals surface area contributed by atoms with Gasteiger partial charge in [-0.2, -0.15) is 5.26 Å². The van der Waals surface area contributed by atoms with Crippen LogP contribution >= 0.6 is 23.2 Å². The molecule has 0 spiro atoms. The van der Waals surface area contributed by atoms with E-state index < -0.39 is 5.60 Å². The number of hydrogen-bond donors (Lipinski definition) is 2. The van der Waals surface area contributed by atoms with Gasteiger partial charge in [-0.25, -0.2) is 0 Å². The van der Waals surface area contributed by atoms with Crippen molar-refractivity contribution in [2.75, 3.05) is 20.2 Å². The van der Waals surface area contributed by atoms with Crippen molar-refractivity contribution in [2.45, 2.75) is 31.3 Å². The summed E-state index contributed by atoms with van der Waals surface area (Å²) < 4.78 is 5.55. The maximum absolute atomic E-state index is 13.5. The van der Waals surface area contributed by atoms with Crippen molar-refractivity contribution in [2.24, 2.45) is 17.8 Å². The van der Waals surface area contributed by atoms with Gasteiger partial charge in [0.05, 0.1) is 35.2 Å². The van der Waals surface area contributed by atoms with Crippen LogP contribution in [-0.2, 0) is 23.2 Å². The zero-order valence-electron chi connectivity index (χ0n) is 17.9. The maximum atomic E-state index is 13.5. The summed E-state index contributed by atoms with van der Waals surface area (Å²) in [6.45, 7) is 1.48. The van der Waals surface area contributed by atoms with Gasteiger partial charge < -0.3 is 15.2 Å². The highest BCUT2D eigenvalue weighted by atomic mass is 35.5. The molecule has 0 bridgehead atoms. The minimum Gasteiger partial charge on any atom is -0.496 e. The van der Waals surface area contributed by atoms with Crippen LogP contribution in [0.5, 0.6) is 5.75 Å². The molecule has 0 amide bonds. The van der Waals surface area contributed by atoms with Gasteiger partial charge in [-0.3, -0.25) is 4.79 Å². The number of ether oxygens (including phenoxy) is 1. The highest BCUT2D eigenvalue weighted by molar-refractivity contribution is 6.42. The second-order valence-corrected chi connectivity index (χ2v) is 9.61. The molecule has 0 unspecified atom stereocenters. The average molecular weight is 473 g/mol. The predicted octanol–water partition coefficient (Wildman–Crippen LogP) is 4.31.